The highest BCUT2D eigenvalue weighted by molar-refractivity contribution is 9.09. The lowest BCUT2D eigenvalue weighted by atomic mass is 9.83. The van der Waals surface area contributed by atoms with E-state index < -0.39 is 0 Å². The largest absolute Gasteiger partial charge is 0.372 e. The molecule has 0 bridgehead atoms. The van der Waals surface area contributed by atoms with Crippen LogP contribution >= 0.6 is 15.9 Å². The van der Waals surface area contributed by atoms with Crippen LogP contribution in [0.25, 0.3) is 0 Å². The lowest BCUT2D eigenvalue weighted by Gasteiger charge is -2.36. The van der Waals surface area contributed by atoms with Gasteiger partial charge in [-0.3, -0.25) is 4.79 Å². The highest BCUT2D eigenvalue weighted by Gasteiger charge is 2.32. The molecule has 1 fully saturated rings. The van der Waals surface area contributed by atoms with E-state index in [1.165, 1.54) is 19.3 Å². The number of hydrogen-bond acceptors (Lipinski definition) is 2. The van der Waals surface area contributed by atoms with Gasteiger partial charge in [0.2, 0.25) is 5.91 Å². The maximum absolute atomic E-state index is 11.6. The van der Waals surface area contributed by atoms with E-state index in [2.05, 4.69) is 21.2 Å². The molecule has 15 heavy (non-hydrogen) atoms. The normalized spacial score (nSPS) is 19.9. The first-order valence-electron chi connectivity index (χ1n) is 5.67. The third-order valence-corrected chi connectivity index (χ3v) is 3.98. The van der Waals surface area contributed by atoms with Crippen LogP contribution in [0.15, 0.2) is 0 Å². The summed E-state index contributed by atoms with van der Waals surface area (Å²) in [5, 5.41) is 3.95. The molecular formula is C11H20BrNO2. The number of carbonyl (C=O) groups is 1. The molecule has 0 saturated heterocycles. The smallest absolute Gasteiger partial charge is 0.246 e. The summed E-state index contributed by atoms with van der Waals surface area (Å²) in [6, 6.07) is 0. The molecule has 0 radical (unpaired) electrons. The van der Waals surface area contributed by atoms with Crippen molar-refractivity contribution in [3.05, 3.63) is 0 Å². The fourth-order valence-electron chi connectivity index (χ4n) is 2.05. The fourth-order valence-corrected chi connectivity index (χ4v) is 2.75. The van der Waals surface area contributed by atoms with E-state index in [4.69, 9.17) is 4.74 Å². The maximum Gasteiger partial charge on any atom is 0.246 e. The molecule has 0 aliphatic heterocycles. The molecule has 1 aliphatic rings. The van der Waals surface area contributed by atoms with E-state index in [9.17, 15) is 4.79 Å². The second-order valence-electron chi connectivity index (χ2n) is 4.16. The molecule has 0 heterocycles. The number of rotatable bonds is 5. The average molecular weight is 278 g/mol. The molecule has 88 valence electrons. The van der Waals surface area contributed by atoms with Crippen LogP contribution < -0.4 is 5.32 Å². The second kappa shape index (κ2) is 6.48. The van der Waals surface area contributed by atoms with Crippen molar-refractivity contribution in [1.29, 1.82) is 0 Å². The van der Waals surface area contributed by atoms with Gasteiger partial charge in [0, 0.05) is 17.5 Å². The van der Waals surface area contributed by atoms with E-state index in [1.807, 2.05) is 6.92 Å². The maximum atomic E-state index is 11.6. The Hall–Kier alpha value is -0.0900. The third kappa shape index (κ3) is 4.11. The van der Waals surface area contributed by atoms with Gasteiger partial charge in [0.05, 0.1) is 0 Å². The molecule has 0 atom stereocenters. The van der Waals surface area contributed by atoms with Crippen LogP contribution in [0.4, 0.5) is 0 Å². The van der Waals surface area contributed by atoms with Gasteiger partial charge in [-0.2, -0.15) is 0 Å². The molecule has 1 aliphatic carbocycles. The molecule has 0 unspecified atom stereocenters. The van der Waals surface area contributed by atoms with E-state index in [0.29, 0.717) is 6.61 Å². The minimum atomic E-state index is -0.0214. The Morgan fingerprint density at radius 3 is 2.60 bits per heavy atom. The molecule has 1 N–H and O–H groups in total. The van der Waals surface area contributed by atoms with Gasteiger partial charge >= 0.3 is 0 Å². The molecule has 3 nitrogen and oxygen atoms in total. The van der Waals surface area contributed by atoms with Gasteiger partial charge in [-0.15, -0.1) is 0 Å². The zero-order valence-corrected chi connectivity index (χ0v) is 10.9. The Morgan fingerprint density at radius 2 is 2.07 bits per heavy atom. The number of ether oxygens (including phenoxy) is 1. The van der Waals surface area contributed by atoms with E-state index in [1.54, 1.807) is 0 Å². The molecule has 4 heteroatoms. The van der Waals surface area contributed by atoms with Gasteiger partial charge in [0.25, 0.3) is 0 Å². The molecule has 0 aromatic heterocycles. The van der Waals surface area contributed by atoms with Gasteiger partial charge in [0.15, 0.2) is 0 Å². The van der Waals surface area contributed by atoms with Gasteiger partial charge in [-0.25, -0.2) is 0 Å². The highest BCUT2D eigenvalue weighted by atomic mass is 79.9. The van der Waals surface area contributed by atoms with Crippen molar-refractivity contribution >= 4 is 21.8 Å². The lowest BCUT2D eigenvalue weighted by molar-refractivity contribution is -0.127. The molecule has 1 rings (SSSR count). The summed E-state index contributed by atoms with van der Waals surface area (Å²) < 4.78 is 5.10. The highest BCUT2D eigenvalue weighted by Crippen LogP contribution is 2.29. The topological polar surface area (TPSA) is 38.3 Å². The van der Waals surface area contributed by atoms with Crippen LogP contribution in [0.1, 0.15) is 39.0 Å². The summed E-state index contributed by atoms with van der Waals surface area (Å²) in [5.41, 5.74) is -0.0214. The predicted octanol–water partition coefficient (Wildman–Crippen LogP) is 2.24. The molecular weight excluding hydrogens is 258 g/mol. The Balaban J connectivity index is 2.40. The van der Waals surface area contributed by atoms with Crippen molar-refractivity contribution in [2.45, 2.75) is 44.6 Å². The monoisotopic (exact) mass is 277 g/mol. The van der Waals surface area contributed by atoms with Crippen molar-refractivity contribution in [2.75, 3.05) is 18.5 Å². The lowest BCUT2D eigenvalue weighted by Crippen LogP contribution is -2.52. The summed E-state index contributed by atoms with van der Waals surface area (Å²) in [6.45, 7) is 2.67. The van der Waals surface area contributed by atoms with Crippen molar-refractivity contribution in [3.63, 3.8) is 0 Å². The first kappa shape index (κ1) is 13.0. The Bertz CT molecular complexity index is 203. The van der Waals surface area contributed by atoms with E-state index >= 15 is 0 Å². The number of alkyl halides is 1. The minimum absolute atomic E-state index is 0.0122. The zero-order valence-electron chi connectivity index (χ0n) is 9.35. The number of halogens is 1. The Kier molecular flexibility index (Phi) is 5.61. The number of hydrogen-bond donors (Lipinski definition) is 1. The van der Waals surface area contributed by atoms with E-state index in [-0.39, 0.29) is 18.1 Å². The summed E-state index contributed by atoms with van der Waals surface area (Å²) in [5.74, 6) is 0.0122. The fraction of sp³-hybridized carbons (Fsp3) is 0.909. The van der Waals surface area contributed by atoms with Gasteiger partial charge in [0.1, 0.15) is 6.61 Å². The summed E-state index contributed by atoms with van der Waals surface area (Å²) in [6.07, 6.45) is 5.86. The Morgan fingerprint density at radius 1 is 1.40 bits per heavy atom. The van der Waals surface area contributed by atoms with Crippen LogP contribution in [0.5, 0.6) is 0 Å². The summed E-state index contributed by atoms with van der Waals surface area (Å²) in [7, 11) is 0. The SMILES string of the molecule is CCOCC(=O)NC1(CBr)CCCCC1. The van der Waals surface area contributed by atoms with Crippen LogP contribution in [-0.2, 0) is 9.53 Å². The van der Waals surface area contributed by atoms with Crippen LogP contribution in [0.3, 0.4) is 0 Å². The Labute approximate surface area is 100 Å². The average Bonchev–Trinajstić information content (AvgIpc) is 2.27. The predicted molar refractivity (Wildman–Crippen MR) is 64.2 cm³/mol. The number of carbonyl (C=O) groups excluding carboxylic acids is 1. The second-order valence-corrected chi connectivity index (χ2v) is 4.72. The van der Waals surface area contributed by atoms with Gasteiger partial charge in [-0.1, -0.05) is 35.2 Å². The van der Waals surface area contributed by atoms with Gasteiger partial charge in [-0.05, 0) is 19.8 Å². The van der Waals surface area contributed by atoms with Crippen LogP contribution in [-0.4, -0.2) is 30.0 Å². The zero-order chi connectivity index (χ0) is 11.1. The van der Waals surface area contributed by atoms with Gasteiger partial charge < -0.3 is 10.1 Å². The van der Waals surface area contributed by atoms with Crippen LogP contribution in [0, 0.1) is 0 Å². The standard InChI is InChI=1S/C11H20BrNO2/c1-2-15-8-10(14)13-11(9-12)6-4-3-5-7-11/h2-9H2,1H3,(H,13,14). The van der Waals surface area contributed by atoms with Crippen molar-refractivity contribution < 1.29 is 9.53 Å². The molecule has 1 saturated carbocycles. The van der Waals surface area contributed by atoms with Crippen molar-refractivity contribution in [2.24, 2.45) is 0 Å². The first-order chi connectivity index (χ1) is 7.22. The molecule has 0 spiro atoms. The summed E-state index contributed by atoms with van der Waals surface area (Å²) >= 11 is 3.51. The first-order valence-corrected chi connectivity index (χ1v) is 6.79. The number of amides is 1. The summed E-state index contributed by atoms with van der Waals surface area (Å²) in [4.78, 5) is 11.6. The number of nitrogens with one attached hydrogen (secondary N) is 1. The van der Waals surface area contributed by atoms with Crippen molar-refractivity contribution in [1.82, 2.24) is 5.32 Å². The van der Waals surface area contributed by atoms with Crippen molar-refractivity contribution in [3.8, 4) is 0 Å². The van der Waals surface area contributed by atoms with Crippen LogP contribution in [0.2, 0.25) is 0 Å². The molecule has 0 aromatic carbocycles. The molecule has 0 aromatic rings. The quantitative estimate of drug-likeness (QED) is 0.783. The molecule has 1 amide bonds. The minimum Gasteiger partial charge on any atom is -0.372 e. The van der Waals surface area contributed by atoms with E-state index in [0.717, 1.165) is 18.2 Å². The third-order valence-electron chi connectivity index (χ3n) is 2.91.